The second kappa shape index (κ2) is 31.8. The molecule has 8 nitrogen and oxygen atoms in total. The molecule has 0 aliphatic carbocycles. The monoisotopic (exact) mass is 790 g/mol. The van der Waals surface area contributed by atoms with Gasteiger partial charge in [-0.05, 0) is 38.5 Å². The number of carbonyl (C=O) groups is 3. The summed E-state index contributed by atoms with van der Waals surface area (Å²) in [5, 5.41) is 8.55. The average molecular weight is 791 g/mol. The molecule has 0 aromatic rings. The highest BCUT2D eigenvalue weighted by Gasteiger charge is 2.39. The summed E-state index contributed by atoms with van der Waals surface area (Å²) in [5.74, 6) is 1.20. The van der Waals surface area contributed by atoms with Crippen molar-refractivity contribution in [2.75, 3.05) is 44.9 Å². The number of hydrogen-bond donors (Lipinski definition) is 3. The Balaban J connectivity index is 3.72. The van der Waals surface area contributed by atoms with Crippen molar-refractivity contribution in [2.24, 2.45) is 5.41 Å². The normalized spacial score (nSPS) is 13.2. The summed E-state index contributed by atoms with van der Waals surface area (Å²) in [6.07, 6.45) is 31.4. The van der Waals surface area contributed by atoms with E-state index in [4.69, 9.17) is 7.80 Å². The van der Waals surface area contributed by atoms with E-state index in [-0.39, 0.29) is 30.7 Å². The molecule has 11 heteroatoms. The van der Waals surface area contributed by atoms with Crippen LogP contribution in [0.3, 0.4) is 0 Å². The molecule has 0 saturated carbocycles. The molecule has 46 heavy (non-hydrogen) atoms. The molecular formula is C35H57IN3O5S2+. The highest BCUT2D eigenvalue weighted by atomic mass is 127. The third-order valence-electron chi connectivity index (χ3n) is 6.21. The molecule has 0 aromatic carbocycles. The van der Waals surface area contributed by atoms with E-state index in [2.05, 4.69) is 83.6 Å². The van der Waals surface area contributed by atoms with Crippen molar-refractivity contribution in [1.29, 1.82) is 0 Å². The maximum absolute atomic E-state index is 12.4. The van der Waals surface area contributed by atoms with Gasteiger partial charge in [0.05, 0.1) is 6.61 Å². The molecule has 3 N–H and O–H groups in total. The van der Waals surface area contributed by atoms with Gasteiger partial charge in [0, 0.05) is 56.5 Å². The minimum absolute atomic E-state index is 0.0178. The van der Waals surface area contributed by atoms with Crippen LogP contribution in [-0.2, 0) is 22.2 Å². The molecule has 0 aliphatic heterocycles. The quantitative estimate of drug-likeness (QED) is 0.0483. The molecule has 0 fully saturated rings. The molecule has 0 spiro atoms. The average Bonchev–Trinajstić information content (AvgIpc) is 3.01. The van der Waals surface area contributed by atoms with Crippen molar-refractivity contribution >= 4 is 39.3 Å². The van der Waals surface area contributed by atoms with Gasteiger partial charge in [-0.1, -0.05) is 115 Å². The van der Waals surface area contributed by atoms with Crippen LogP contribution in [0.15, 0.2) is 72.9 Å². The Labute approximate surface area is 300 Å². The molecule has 0 unspecified atom stereocenters. The molecule has 0 bridgehead atoms. The van der Waals surface area contributed by atoms with E-state index >= 15 is 0 Å². The lowest BCUT2D eigenvalue weighted by Gasteiger charge is -2.27. The second-order valence-corrected chi connectivity index (χ2v) is 14.2. The standard InChI is InChI=1S/C35H56IN3O5S2/c1-5-6-7-8-9-10-11-12-13-14-15-16-17-18-19-20-21-22-23-31(40)37-26-28-45-46-29-27-38-32(41)24-25-39-34(42)33(44-36)35(2,3)30-43-4/h6-7,9-10,12-13,15-16,18-19,21-22,33,36H,5,8,11,14,17,20,23-30H2,1-4H3,(H2-,37,38,39,40,41,42)/p+1/b7-6-,10-9-,13-12-,16-15-,19-18-,22-21-/t33-/m0/s1. The van der Waals surface area contributed by atoms with E-state index in [0.29, 0.717) is 26.1 Å². The van der Waals surface area contributed by atoms with Gasteiger partial charge < -0.3 is 20.7 Å². The predicted octanol–water partition coefficient (Wildman–Crippen LogP) is 3.45. The molecule has 0 radical (unpaired) electrons. The fourth-order valence-corrected chi connectivity index (χ4v) is 6.63. The topological polar surface area (TPSA) is 106 Å². The minimum Gasteiger partial charge on any atom is -0.384 e. The highest BCUT2D eigenvalue weighted by Crippen LogP contribution is 2.22. The van der Waals surface area contributed by atoms with Gasteiger partial charge in [0.1, 0.15) is 0 Å². The van der Waals surface area contributed by atoms with Crippen LogP contribution in [0.2, 0.25) is 0 Å². The number of carbonyl (C=O) groups excluding carboxylic acids is 3. The first-order valence-corrected chi connectivity index (χ1v) is 19.4. The summed E-state index contributed by atoms with van der Waals surface area (Å²) in [5.41, 5.74) is -0.481. The largest absolute Gasteiger partial charge is 0.459 e. The van der Waals surface area contributed by atoms with Crippen LogP contribution in [0.1, 0.15) is 72.1 Å². The van der Waals surface area contributed by atoms with E-state index in [0.717, 1.165) is 50.0 Å². The zero-order chi connectivity index (χ0) is 34.1. The summed E-state index contributed by atoms with van der Waals surface area (Å²) in [7, 11) is 4.90. The Morgan fingerprint density at radius 3 is 1.61 bits per heavy atom. The number of methoxy groups -OCH3 is 1. The molecule has 3 amide bonds. The predicted molar refractivity (Wildman–Crippen MR) is 193 cm³/mol. The summed E-state index contributed by atoms with van der Waals surface area (Å²) >= 11 is 1.42. The van der Waals surface area contributed by atoms with Gasteiger partial charge in [-0.15, -0.1) is 3.07 Å². The number of halogens is 1. The van der Waals surface area contributed by atoms with Gasteiger partial charge in [-0.3, -0.25) is 14.4 Å². The van der Waals surface area contributed by atoms with Crippen LogP contribution < -0.4 is 39.0 Å². The number of allylic oxidation sites excluding steroid dienone is 11. The Kier molecular flexibility index (Phi) is 30.5. The Morgan fingerprint density at radius 2 is 1.15 bits per heavy atom. The van der Waals surface area contributed by atoms with Crippen LogP contribution >= 0.6 is 21.6 Å². The molecule has 0 heterocycles. The third kappa shape index (κ3) is 27.3. The number of nitrogens with one attached hydrogen (secondary N) is 3. The summed E-state index contributed by atoms with van der Waals surface area (Å²) in [6, 6.07) is 0. The number of amides is 3. The summed E-state index contributed by atoms with van der Waals surface area (Å²) in [6.45, 7) is 7.72. The molecule has 0 rings (SSSR count). The second-order valence-electron chi connectivity index (χ2n) is 10.9. The highest BCUT2D eigenvalue weighted by molar-refractivity contribution is 8.76. The summed E-state index contributed by atoms with van der Waals surface area (Å²) in [4.78, 5) is 36.5. The van der Waals surface area contributed by atoms with Crippen LogP contribution in [-0.4, -0.2) is 68.7 Å². The third-order valence-corrected chi connectivity index (χ3v) is 9.17. The first kappa shape index (κ1) is 44.2. The van der Waals surface area contributed by atoms with Crippen LogP contribution in [0, 0.1) is 5.41 Å². The summed E-state index contributed by atoms with van der Waals surface area (Å²) < 4.78 is 10.5. The Bertz CT molecular complexity index is 997. The Morgan fingerprint density at radius 1 is 0.696 bits per heavy atom. The van der Waals surface area contributed by atoms with Crippen molar-refractivity contribution in [1.82, 2.24) is 16.0 Å². The van der Waals surface area contributed by atoms with Crippen molar-refractivity contribution in [3.63, 3.8) is 0 Å². The first-order valence-electron chi connectivity index (χ1n) is 16.0. The number of ether oxygens (including phenoxy) is 1. The lowest BCUT2D eigenvalue weighted by molar-refractivity contribution is -0.702. The van der Waals surface area contributed by atoms with Crippen molar-refractivity contribution in [3.05, 3.63) is 72.9 Å². The van der Waals surface area contributed by atoms with E-state index in [9.17, 15) is 14.4 Å². The van der Waals surface area contributed by atoms with Gasteiger partial charge in [0.25, 0.3) is 5.91 Å². The number of hydrogen-bond acceptors (Lipinski definition) is 7. The molecule has 0 aliphatic rings. The SMILES string of the molecule is CC/C=C\C/C=C\C/C=C\C/C=C\C/C=C\C/C=C\CC(=O)NCCSSCCNC(=O)CCNC(=O)[C@H](O[IH+])C(C)(C)COC. The van der Waals surface area contributed by atoms with Gasteiger partial charge in [0.2, 0.25) is 11.8 Å². The number of rotatable bonds is 28. The Hall–Kier alpha value is -1.80. The lowest BCUT2D eigenvalue weighted by atomic mass is 9.87. The van der Waals surface area contributed by atoms with Gasteiger partial charge in [-0.2, -0.15) is 0 Å². The molecule has 1 atom stereocenters. The lowest BCUT2D eigenvalue weighted by Crippen LogP contribution is -3.35. The molecule has 0 saturated heterocycles. The van der Waals surface area contributed by atoms with Crippen LogP contribution in [0.25, 0.3) is 0 Å². The first-order chi connectivity index (χ1) is 22.3. The fourth-order valence-electron chi connectivity index (χ4n) is 3.82. The van der Waals surface area contributed by atoms with Gasteiger partial charge in [-0.25, -0.2) is 0 Å². The smallest absolute Gasteiger partial charge is 0.384 e. The van der Waals surface area contributed by atoms with Crippen LogP contribution in [0.4, 0.5) is 0 Å². The molecular weight excluding hydrogens is 733 g/mol. The maximum Gasteiger partial charge on any atom is 0.459 e. The minimum atomic E-state index is -0.657. The van der Waals surface area contributed by atoms with Crippen molar-refractivity contribution < 1.29 is 45.2 Å². The maximum atomic E-state index is 12.4. The zero-order valence-electron chi connectivity index (χ0n) is 28.2. The van der Waals surface area contributed by atoms with Gasteiger partial charge >= 0.3 is 23.0 Å². The zero-order valence-corrected chi connectivity index (χ0v) is 32.1. The molecule has 260 valence electrons. The fraction of sp³-hybridized carbons (Fsp3) is 0.571. The van der Waals surface area contributed by atoms with E-state index in [1.807, 2.05) is 26.0 Å². The van der Waals surface area contributed by atoms with Crippen LogP contribution in [0.5, 0.6) is 0 Å². The molecule has 0 aromatic heterocycles. The van der Waals surface area contributed by atoms with Gasteiger partial charge in [0.15, 0.2) is 6.10 Å². The van der Waals surface area contributed by atoms with E-state index in [1.54, 1.807) is 28.7 Å². The van der Waals surface area contributed by atoms with E-state index < -0.39 is 11.5 Å². The van der Waals surface area contributed by atoms with E-state index in [1.165, 1.54) is 23.0 Å². The van der Waals surface area contributed by atoms with Crippen molar-refractivity contribution in [2.45, 2.75) is 78.2 Å². The van der Waals surface area contributed by atoms with Crippen molar-refractivity contribution in [3.8, 4) is 0 Å².